The average Bonchev–Trinajstić information content (AvgIpc) is 2.47. The molecule has 0 unspecified atom stereocenters. The molecule has 0 spiro atoms. The lowest BCUT2D eigenvalue weighted by molar-refractivity contribution is -0.145. The van der Waals surface area contributed by atoms with E-state index in [0.717, 1.165) is 11.1 Å². The van der Waals surface area contributed by atoms with Gasteiger partial charge < -0.3 is 9.47 Å². The van der Waals surface area contributed by atoms with E-state index in [4.69, 9.17) is 9.47 Å². The number of aldehydes is 1. The van der Waals surface area contributed by atoms with Gasteiger partial charge in [0.25, 0.3) is 0 Å². The SMILES string of the molecule is CC(=O)OC/C(=C\C=O)[C@H](C/C=C(\C)C#CC=C(C)C)OC(C)=O. The maximum Gasteiger partial charge on any atom is 0.303 e. The molecule has 0 aromatic heterocycles. The molecule has 0 saturated carbocycles. The number of ether oxygens (including phenoxy) is 2. The smallest absolute Gasteiger partial charge is 0.303 e. The van der Waals surface area contributed by atoms with Crippen LogP contribution in [0, 0.1) is 11.8 Å². The molecule has 0 saturated heterocycles. The summed E-state index contributed by atoms with van der Waals surface area (Å²) in [7, 11) is 0. The van der Waals surface area contributed by atoms with Crippen LogP contribution >= 0.6 is 0 Å². The van der Waals surface area contributed by atoms with Gasteiger partial charge in [-0.05, 0) is 38.5 Å². The van der Waals surface area contributed by atoms with Crippen molar-refractivity contribution in [3.05, 3.63) is 34.9 Å². The summed E-state index contributed by atoms with van der Waals surface area (Å²) in [5, 5.41) is 0. The molecule has 0 fully saturated rings. The number of esters is 2. The highest BCUT2D eigenvalue weighted by Crippen LogP contribution is 2.14. The van der Waals surface area contributed by atoms with E-state index >= 15 is 0 Å². The molecule has 0 aliphatic carbocycles. The second kappa shape index (κ2) is 11.9. The Kier molecular flexibility index (Phi) is 10.6. The van der Waals surface area contributed by atoms with Crippen LogP contribution in [-0.4, -0.2) is 30.9 Å². The minimum atomic E-state index is -0.688. The second-order valence-corrected chi connectivity index (χ2v) is 5.37. The third-order valence-electron chi connectivity index (χ3n) is 2.71. The van der Waals surface area contributed by atoms with Crippen LogP contribution in [0.2, 0.25) is 0 Å². The summed E-state index contributed by atoms with van der Waals surface area (Å²) in [6.07, 6.45) is 5.07. The van der Waals surface area contributed by atoms with E-state index in [0.29, 0.717) is 18.3 Å². The lowest BCUT2D eigenvalue weighted by atomic mass is 10.1. The van der Waals surface area contributed by atoms with Crippen molar-refractivity contribution in [1.82, 2.24) is 0 Å². The number of hydrogen-bond acceptors (Lipinski definition) is 5. The second-order valence-electron chi connectivity index (χ2n) is 5.37. The van der Waals surface area contributed by atoms with E-state index in [1.165, 1.54) is 19.9 Å². The fourth-order valence-corrected chi connectivity index (χ4v) is 1.63. The van der Waals surface area contributed by atoms with Gasteiger partial charge in [-0.2, -0.15) is 0 Å². The molecule has 0 N–H and O–H groups in total. The number of carbonyl (C=O) groups is 3. The zero-order valence-electron chi connectivity index (χ0n) is 14.8. The molecule has 24 heavy (non-hydrogen) atoms. The van der Waals surface area contributed by atoms with Gasteiger partial charge in [0, 0.05) is 25.8 Å². The molecule has 5 heteroatoms. The number of allylic oxidation sites excluding steroid dienone is 4. The van der Waals surface area contributed by atoms with Gasteiger partial charge in [-0.25, -0.2) is 0 Å². The summed E-state index contributed by atoms with van der Waals surface area (Å²) in [6.45, 7) is 8.19. The molecular weight excluding hydrogens is 308 g/mol. The van der Waals surface area contributed by atoms with Crippen LogP contribution in [0.15, 0.2) is 34.9 Å². The van der Waals surface area contributed by atoms with Crippen LogP contribution in [-0.2, 0) is 23.9 Å². The molecule has 0 aliphatic rings. The maximum atomic E-state index is 11.3. The third-order valence-corrected chi connectivity index (χ3v) is 2.71. The van der Waals surface area contributed by atoms with Crippen molar-refractivity contribution >= 4 is 18.2 Å². The van der Waals surface area contributed by atoms with Gasteiger partial charge in [0.1, 0.15) is 19.0 Å². The van der Waals surface area contributed by atoms with Gasteiger partial charge in [-0.1, -0.05) is 23.5 Å². The molecule has 0 amide bonds. The van der Waals surface area contributed by atoms with Crippen LogP contribution in [0.4, 0.5) is 0 Å². The topological polar surface area (TPSA) is 69.7 Å². The number of carbonyl (C=O) groups excluding carboxylic acids is 3. The van der Waals surface area contributed by atoms with Gasteiger partial charge in [-0.15, -0.1) is 0 Å². The minimum Gasteiger partial charge on any atom is -0.461 e. The highest BCUT2D eigenvalue weighted by atomic mass is 16.6. The Hall–Kier alpha value is -2.61. The Morgan fingerprint density at radius 2 is 1.75 bits per heavy atom. The summed E-state index contributed by atoms with van der Waals surface area (Å²) < 4.78 is 10.1. The van der Waals surface area contributed by atoms with E-state index in [-0.39, 0.29) is 6.61 Å². The first-order valence-corrected chi connectivity index (χ1v) is 7.52. The van der Waals surface area contributed by atoms with Crippen molar-refractivity contribution in [2.75, 3.05) is 6.61 Å². The molecule has 0 bridgehead atoms. The Bertz CT molecular complexity index is 607. The Morgan fingerprint density at radius 3 is 2.25 bits per heavy atom. The van der Waals surface area contributed by atoms with Crippen molar-refractivity contribution in [3.63, 3.8) is 0 Å². The van der Waals surface area contributed by atoms with Crippen LogP contribution in [0.25, 0.3) is 0 Å². The van der Waals surface area contributed by atoms with Crippen molar-refractivity contribution in [1.29, 1.82) is 0 Å². The summed E-state index contributed by atoms with van der Waals surface area (Å²) in [5.74, 6) is 4.92. The van der Waals surface area contributed by atoms with Crippen molar-refractivity contribution in [3.8, 4) is 11.8 Å². The minimum absolute atomic E-state index is 0.109. The first-order chi connectivity index (χ1) is 11.3. The summed E-state index contributed by atoms with van der Waals surface area (Å²) in [4.78, 5) is 33.0. The van der Waals surface area contributed by atoms with Gasteiger partial charge in [0.15, 0.2) is 0 Å². The number of rotatable bonds is 7. The summed E-state index contributed by atoms with van der Waals surface area (Å²) in [6, 6.07) is 0. The molecule has 1 atom stereocenters. The number of hydrogen-bond donors (Lipinski definition) is 0. The highest BCUT2D eigenvalue weighted by Gasteiger charge is 2.17. The molecule has 0 aromatic carbocycles. The van der Waals surface area contributed by atoms with Gasteiger partial charge in [-0.3, -0.25) is 14.4 Å². The predicted octanol–water partition coefficient (Wildman–Crippen LogP) is 2.91. The van der Waals surface area contributed by atoms with Gasteiger partial charge in [0.2, 0.25) is 0 Å². The van der Waals surface area contributed by atoms with Gasteiger partial charge >= 0.3 is 11.9 Å². The van der Waals surface area contributed by atoms with E-state index in [1.54, 1.807) is 6.08 Å². The molecule has 0 radical (unpaired) electrons. The lowest BCUT2D eigenvalue weighted by Crippen LogP contribution is -2.22. The molecule has 130 valence electrons. The lowest BCUT2D eigenvalue weighted by Gasteiger charge is -2.18. The van der Waals surface area contributed by atoms with Gasteiger partial charge in [0.05, 0.1) is 0 Å². The Balaban J connectivity index is 5.21. The zero-order chi connectivity index (χ0) is 18.5. The normalized spacial score (nSPS) is 12.4. The average molecular weight is 332 g/mol. The predicted molar refractivity (Wildman–Crippen MR) is 91.9 cm³/mol. The molecule has 0 heterocycles. The maximum absolute atomic E-state index is 11.3. The van der Waals surface area contributed by atoms with E-state index in [9.17, 15) is 14.4 Å². The van der Waals surface area contributed by atoms with E-state index < -0.39 is 18.0 Å². The van der Waals surface area contributed by atoms with E-state index in [1.807, 2.05) is 26.8 Å². The molecule has 0 aliphatic heterocycles. The first kappa shape index (κ1) is 21.4. The highest BCUT2D eigenvalue weighted by molar-refractivity contribution is 5.69. The van der Waals surface area contributed by atoms with Crippen LogP contribution in [0.5, 0.6) is 0 Å². The first-order valence-electron chi connectivity index (χ1n) is 7.52. The van der Waals surface area contributed by atoms with Crippen LogP contribution < -0.4 is 0 Å². The largest absolute Gasteiger partial charge is 0.461 e. The van der Waals surface area contributed by atoms with Crippen molar-refractivity contribution in [2.45, 2.75) is 47.1 Å². The van der Waals surface area contributed by atoms with Crippen LogP contribution in [0.3, 0.4) is 0 Å². The standard InChI is InChI=1S/C19H24O5/c1-14(2)7-6-8-15(3)9-10-19(24-17(5)22)18(11-12-20)13-23-16(4)21/h7,9,11-12,19H,10,13H2,1-5H3/b15-9+,18-11+/t19-/m0/s1. The molecule has 0 rings (SSSR count). The Morgan fingerprint density at radius 1 is 1.08 bits per heavy atom. The summed E-state index contributed by atoms with van der Waals surface area (Å²) in [5.41, 5.74) is 2.32. The van der Waals surface area contributed by atoms with Crippen molar-refractivity contribution in [2.24, 2.45) is 0 Å². The monoisotopic (exact) mass is 332 g/mol. The summed E-state index contributed by atoms with van der Waals surface area (Å²) >= 11 is 0. The fraction of sp³-hybridized carbons (Fsp3) is 0.421. The van der Waals surface area contributed by atoms with E-state index in [2.05, 4.69) is 11.8 Å². The van der Waals surface area contributed by atoms with Crippen molar-refractivity contribution < 1.29 is 23.9 Å². The quantitative estimate of drug-likeness (QED) is 0.310. The molecule has 5 nitrogen and oxygen atoms in total. The third kappa shape index (κ3) is 11.0. The fourth-order valence-electron chi connectivity index (χ4n) is 1.63. The molecule has 0 aromatic rings. The zero-order valence-corrected chi connectivity index (χ0v) is 14.8. The van der Waals surface area contributed by atoms with Crippen LogP contribution in [0.1, 0.15) is 41.0 Å². The molecular formula is C19H24O5. The Labute approximate surface area is 143 Å².